The Hall–Kier alpha value is -4.02. The maximum atomic E-state index is 14.8. The molecule has 3 heterocycles. The summed E-state index contributed by atoms with van der Waals surface area (Å²) in [7, 11) is -3.17. The average Bonchev–Trinajstić information content (AvgIpc) is 2.92. The number of rotatable bonds is 2. The van der Waals surface area contributed by atoms with Crippen LogP contribution in [-0.4, -0.2) is 15.9 Å². The normalized spacial score (nSPS) is 16.0. The minimum atomic E-state index is -3.17. The summed E-state index contributed by atoms with van der Waals surface area (Å²) in [4.78, 5) is 14.8. The zero-order valence-electron chi connectivity index (χ0n) is 21.5. The van der Waals surface area contributed by atoms with E-state index in [4.69, 9.17) is 19.6 Å². The molecule has 0 saturated carbocycles. The molecule has 40 heavy (non-hydrogen) atoms. The number of para-hydroxylation sites is 3. The summed E-state index contributed by atoms with van der Waals surface area (Å²) in [5.74, 6) is 2.09. The molecule has 0 spiro atoms. The third kappa shape index (κ3) is 4.77. The molecule has 0 bridgehead atoms. The Morgan fingerprint density at radius 1 is 0.850 bits per heavy atom. The number of carbonyl (C=O) groups is 1. The number of allylic oxidation sites excluding steroid dienone is 2. The Bertz CT molecular complexity index is 1790. The van der Waals surface area contributed by atoms with Crippen LogP contribution in [0.2, 0.25) is 0 Å². The van der Waals surface area contributed by atoms with Gasteiger partial charge >= 0.3 is 0 Å². The summed E-state index contributed by atoms with van der Waals surface area (Å²) in [6, 6.07) is 32.2. The van der Waals surface area contributed by atoms with E-state index in [0.717, 1.165) is 22.2 Å². The number of ether oxygens (including phenoxy) is 2. The number of nitrogens with zero attached hydrogens (tertiary/aromatic N) is 1. The van der Waals surface area contributed by atoms with Crippen molar-refractivity contribution in [3.63, 3.8) is 0 Å². The molecular formula is C32H23IrNO5P-. The molecular weight excluding hydrogens is 702 g/mol. The zero-order chi connectivity index (χ0) is 27.1. The topological polar surface area (TPSA) is 85.7 Å². The van der Waals surface area contributed by atoms with Crippen LogP contribution in [-0.2, 0) is 29.5 Å². The van der Waals surface area contributed by atoms with Crippen LogP contribution in [0.4, 0.5) is 0 Å². The molecule has 1 aromatic heterocycles. The fraction of sp³-hybridized carbons (Fsp3) is 0.0625. The number of benzene rings is 4. The van der Waals surface area contributed by atoms with E-state index in [0.29, 0.717) is 38.9 Å². The number of aromatic nitrogens is 1. The van der Waals surface area contributed by atoms with Crippen molar-refractivity contribution < 1.29 is 44.0 Å². The number of hydrogen-bond donors (Lipinski definition) is 1. The maximum Gasteiger partial charge on any atom is 0.155 e. The van der Waals surface area contributed by atoms with Crippen molar-refractivity contribution in [1.29, 1.82) is 0 Å². The molecule has 0 aliphatic carbocycles. The summed E-state index contributed by atoms with van der Waals surface area (Å²) in [6.07, 6.45) is 1.17. The van der Waals surface area contributed by atoms with Gasteiger partial charge < -0.3 is 19.1 Å². The summed E-state index contributed by atoms with van der Waals surface area (Å²) in [5, 5.41) is 11.4. The van der Waals surface area contributed by atoms with Gasteiger partial charge in [-0.2, -0.15) is 0 Å². The van der Waals surface area contributed by atoms with Crippen molar-refractivity contribution in [2.75, 3.05) is 0 Å². The van der Waals surface area contributed by atoms with E-state index < -0.39 is 7.14 Å². The third-order valence-electron chi connectivity index (χ3n) is 6.41. The molecule has 201 valence electrons. The number of ketones is 1. The zero-order valence-corrected chi connectivity index (χ0v) is 24.8. The average molecular weight is 725 g/mol. The molecule has 0 amide bonds. The molecule has 1 N–H and O–H groups in total. The van der Waals surface area contributed by atoms with Gasteiger partial charge in [-0.05, 0) is 55.3 Å². The number of aliphatic hydroxyl groups excluding tert-OH is 1. The second kappa shape index (κ2) is 10.9. The molecule has 0 saturated heterocycles. The van der Waals surface area contributed by atoms with Crippen LogP contribution < -0.4 is 25.4 Å². The summed E-state index contributed by atoms with van der Waals surface area (Å²) in [6.45, 7) is 2.85. The van der Waals surface area contributed by atoms with Crippen LogP contribution in [0.5, 0.6) is 23.0 Å². The molecule has 4 aromatic carbocycles. The SMILES string of the molecule is CC(=O)/C=C(/C)O.O=P12c3ccccc3Oc3[c-]c(-c4ccc5ccccc5n4)cc(c31)Oc1ccccc12.[Ir]. The maximum absolute atomic E-state index is 14.8. The molecule has 1 radical (unpaired) electrons. The van der Waals surface area contributed by atoms with Gasteiger partial charge in [-0.1, -0.05) is 66.7 Å². The van der Waals surface area contributed by atoms with Gasteiger partial charge in [0.2, 0.25) is 0 Å². The van der Waals surface area contributed by atoms with Gasteiger partial charge in [0.1, 0.15) is 18.6 Å². The van der Waals surface area contributed by atoms with E-state index in [9.17, 15) is 9.36 Å². The third-order valence-corrected chi connectivity index (χ3v) is 9.56. The molecule has 1 atom stereocenters. The van der Waals surface area contributed by atoms with E-state index in [1.54, 1.807) is 0 Å². The summed E-state index contributed by atoms with van der Waals surface area (Å²) >= 11 is 0. The second-order valence-electron chi connectivity index (χ2n) is 9.26. The Labute approximate surface area is 245 Å². The molecule has 1 unspecified atom stereocenters. The Kier molecular flexibility index (Phi) is 7.48. The van der Waals surface area contributed by atoms with Crippen molar-refractivity contribution in [3.05, 3.63) is 109 Å². The van der Waals surface area contributed by atoms with Crippen LogP contribution in [0, 0.1) is 6.07 Å². The van der Waals surface area contributed by atoms with E-state index in [1.807, 2.05) is 91.0 Å². The van der Waals surface area contributed by atoms with Gasteiger partial charge in [0.25, 0.3) is 0 Å². The first kappa shape index (κ1) is 27.5. The molecule has 0 fully saturated rings. The Balaban J connectivity index is 0.000000362. The number of carbonyl (C=O) groups excluding carboxylic acids is 1. The number of pyridine rings is 1. The monoisotopic (exact) mass is 725 g/mol. The van der Waals surface area contributed by atoms with Crippen LogP contribution in [0.1, 0.15) is 13.8 Å². The van der Waals surface area contributed by atoms with Crippen LogP contribution in [0.25, 0.3) is 22.2 Å². The Morgan fingerprint density at radius 3 is 2.12 bits per heavy atom. The quantitative estimate of drug-likeness (QED) is 0.0939. The van der Waals surface area contributed by atoms with Crippen LogP contribution >= 0.6 is 7.14 Å². The van der Waals surface area contributed by atoms with Gasteiger partial charge in [0.05, 0.1) is 33.4 Å². The first-order valence-electron chi connectivity index (χ1n) is 12.3. The van der Waals surface area contributed by atoms with E-state index in [2.05, 4.69) is 6.07 Å². The van der Waals surface area contributed by atoms with E-state index in [1.165, 1.54) is 19.9 Å². The second-order valence-corrected chi connectivity index (χ2v) is 11.9. The standard InChI is InChI=1S/C27H15NO3P.C5H8O2.Ir/c29-32-25-11-5-3-9-21(25)30-23-15-18(20-14-13-17-7-1-2-8-19(17)28-20)16-24(27(23)32)31-22-10-4-6-12-26(22)32;1-4(6)3-5(2)7;/h1-15H;3,6H,1-2H3;/q-1;;/b;4-3-;. The minimum Gasteiger partial charge on any atom is -0.512 e. The predicted octanol–water partition coefficient (Wildman–Crippen LogP) is 6.59. The molecule has 5 aromatic rings. The molecule has 7 rings (SSSR count). The molecule has 8 heteroatoms. The minimum absolute atomic E-state index is 0. The molecule has 2 aliphatic heterocycles. The van der Waals surface area contributed by atoms with Gasteiger partial charge in [-0.25, -0.2) is 0 Å². The fourth-order valence-corrected chi connectivity index (χ4v) is 7.84. The first-order valence-corrected chi connectivity index (χ1v) is 14.0. The predicted molar refractivity (Wildman–Crippen MR) is 153 cm³/mol. The van der Waals surface area contributed by atoms with E-state index in [-0.39, 0.29) is 31.6 Å². The number of hydrogen-bond acceptors (Lipinski definition) is 6. The van der Waals surface area contributed by atoms with Crippen molar-refractivity contribution >= 4 is 39.7 Å². The number of fused-ring (bicyclic) bond motifs is 5. The molecule has 6 nitrogen and oxygen atoms in total. The van der Waals surface area contributed by atoms with Gasteiger partial charge in [-0.15, -0.1) is 5.56 Å². The van der Waals surface area contributed by atoms with E-state index >= 15 is 0 Å². The fourth-order valence-electron chi connectivity index (χ4n) is 4.83. The molecule has 2 aliphatic rings. The van der Waals surface area contributed by atoms with Crippen molar-refractivity contribution in [2.24, 2.45) is 0 Å². The summed E-state index contributed by atoms with van der Waals surface area (Å²) < 4.78 is 27.2. The van der Waals surface area contributed by atoms with Gasteiger partial charge in [0, 0.05) is 31.5 Å². The van der Waals surface area contributed by atoms with Crippen LogP contribution in [0.3, 0.4) is 0 Å². The number of aliphatic hydroxyl groups is 1. The smallest absolute Gasteiger partial charge is 0.155 e. The van der Waals surface area contributed by atoms with Gasteiger partial charge in [-0.3, -0.25) is 9.78 Å². The van der Waals surface area contributed by atoms with Crippen LogP contribution in [0.15, 0.2) is 103 Å². The largest absolute Gasteiger partial charge is 0.512 e. The van der Waals surface area contributed by atoms with Crippen molar-refractivity contribution in [1.82, 2.24) is 4.98 Å². The first-order chi connectivity index (χ1) is 18.8. The Morgan fingerprint density at radius 2 is 1.48 bits per heavy atom. The van der Waals surface area contributed by atoms with Gasteiger partial charge in [0.15, 0.2) is 5.78 Å². The van der Waals surface area contributed by atoms with Crippen molar-refractivity contribution in [2.45, 2.75) is 13.8 Å². The summed E-state index contributed by atoms with van der Waals surface area (Å²) in [5.41, 5.74) is 2.38. The van der Waals surface area contributed by atoms with Crippen molar-refractivity contribution in [3.8, 4) is 34.3 Å².